The van der Waals surface area contributed by atoms with Gasteiger partial charge in [0.25, 0.3) is 0 Å². The summed E-state index contributed by atoms with van der Waals surface area (Å²) in [5.41, 5.74) is -0.348. The zero-order valence-electron chi connectivity index (χ0n) is 11.5. The zero-order chi connectivity index (χ0) is 14.0. The van der Waals surface area contributed by atoms with Crippen molar-refractivity contribution in [3.05, 3.63) is 0 Å². The van der Waals surface area contributed by atoms with Crippen LogP contribution < -0.4 is 5.32 Å². The molecular weight excluding hydrogens is 248 g/mol. The molecule has 2 fully saturated rings. The minimum atomic E-state index is -0.863. The summed E-state index contributed by atoms with van der Waals surface area (Å²) in [5, 5.41) is 11.8. The third kappa shape index (κ3) is 3.59. The van der Waals surface area contributed by atoms with E-state index in [1.807, 2.05) is 13.8 Å². The van der Waals surface area contributed by atoms with E-state index in [-0.39, 0.29) is 24.0 Å². The van der Waals surface area contributed by atoms with Crippen molar-refractivity contribution < 1.29 is 19.4 Å². The second kappa shape index (κ2) is 5.36. The maximum absolute atomic E-state index is 12.3. The van der Waals surface area contributed by atoms with E-state index in [2.05, 4.69) is 5.32 Å². The first kappa shape index (κ1) is 14.1. The van der Waals surface area contributed by atoms with E-state index in [4.69, 9.17) is 9.84 Å². The Morgan fingerprint density at radius 1 is 1.47 bits per heavy atom. The second-order valence-electron chi connectivity index (χ2n) is 6.01. The van der Waals surface area contributed by atoms with Crippen LogP contribution in [0.5, 0.6) is 0 Å². The van der Waals surface area contributed by atoms with Gasteiger partial charge in [0.15, 0.2) is 0 Å². The topological polar surface area (TPSA) is 78.9 Å². The maximum atomic E-state index is 12.3. The van der Waals surface area contributed by atoms with Crippen molar-refractivity contribution in [2.75, 3.05) is 19.8 Å². The Labute approximate surface area is 113 Å². The molecule has 6 heteroatoms. The fourth-order valence-electron chi connectivity index (χ4n) is 2.49. The molecule has 1 saturated heterocycles. The van der Waals surface area contributed by atoms with Gasteiger partial charge in [0.1, 0.15) is 0 Å². The Hall–Kier alpha value is -1.30. The molecule has 2 aliphatic rings. The number of nitrogens with one attached hydrogen (secondary N) is 1. The highest BCUT2D eigenvalue weighted by Gasteiger charge is 2.38. The van der Waals surface area contributed by atoms with E-state index in [1.54, 1.807) is 4.90 Å². The first-order valence-electron chi connectivity index (χ1n) is 6.78. The van der Waals surface area contributed by atoms with Crippen LogP contribution in [0.25, 0.3) is 0 Å². The average molecular weight is 270 g/mol. The number of carbonyl (C=O) groups is 2. The predicted octanol–water partition coefficient (Wildman–Crippen LogP) is 1.06. The SMILES string of the molecule is CC1(C)COCCN1C(=O)NC(CC(=O)O)C1CC1. The van der Waals surface area contributed by atoms with Gasteiger partial charge in [-0.25, -0.2) is 4.79 Å². The van der Waals surface area contributed by atoms with Crippen LogP contribution in [-0.4, -0.2) is 53.3 Å². The van der Waals surface area contributed by atoms with Crippen LogP contribution in [0.1, 0.15) is 33.1 Å². The number of hydrogen-bond donors (Lipinski definition) is 2. The van der Waals surface area contributed by atoms with Crippen LogP contribution in [0.3, 0.4) is 0 Å². The van der Waals surface area contributed by atoms with E-state index in [0.717, 1.165) is 12.8 Å². The zero-order valence-corrected chi connectivity index (χ0v) is 11.5. The van der Waals surface area contributed by atoms with E-state index in [9.17, 15) is 9.59 Å². The molecule has 108 valence electrons. The number of morpholine rings is 1. The van der Waals surface area contributed by atoms with Gasteiger partial charge in [0.05, 0.1) is 25.2 Å². The van der Waals surface area contributed by atoms with Crippen molar-refractivity contribution in [2.24, 2.45) is 5.92 Å². The molecular formula is C13H22N2O4. The van der Waals surface area contributed by atoms with Gasteiger partial charge in [0, 0.05) is 12.6 Å². The summed E-state index contributed by atoms with van der Waals surface area (Å²) in [6.45, 7) is 5.49. The summed E-state index contributed by atoms with van der Waals surface area (Å²) in [6.07, 6.45) is 2.01. The van der Waals surface area contributed by atoms with E-state index < -0.39 is 5.97 Å². The highest BCUT2D eigenvalue weighted by Crippen LogP contribution is 2.34. The normalized spacial score (nSPS) is 23.8. The quantitative estimate of drug-likeness (QED) is 0.800. The van der Waals surface area contributed by atoms with Gasteiger partial charge in [-0.1, -0.05) is 0 Å². The molecule has 1 aliphatic carbocycles. The van der Waals surface area contributed by atoms with Crippen molar-refractivity contribution in [2.45, 2.75) is 44.7 Å². The van der Waals surface area contributed by atoms with Crippen LogP contribution in [0.4, 0.5) is 4.79 Å². The number of rotatable bonds is 4. The first-order chi connectivity index (χ1) is 8.90. The van der Waals surface area contributed by atoms with Crippen LogP contribution in [0.2, 0.25) is 0 Å². The number of carboxylic acid groups (broad SMARTS) is 1. The minimum Gasteiger partial charge on any atom is -0.481 e. The van der Waals surface area contributed by atoms with Gasteiger partial charge in [-0.05, 0) is 32.6 Å². The maximum Gasteiger partial charge on any atom is 0.318 e. The fourth-order valence-corrected chi connectivity index (χ4v) is 2.49. The monoisotopic (exact) mass is 270 g/mol. The standard InChI is InChI=1S/C13H22N2O4/c1-13(2)8-19-6-5-15(13)12(18)14-10(7-11(16)17)9-3-4-9/h9-10H,3-8H2,1-2H3,(H,14,18)(H,16,17). The average Bonchev–Trinajstić information content (AvgIpc) is 3.10. The van der Waals surface area contributed by atoms with E-state index in [1.165, 1.54) is 0 Å². The molecule has 1 heterocycles. The number of carbonyl (C=O) groups excluding carboxylic acids is 1. The summed E-state index contributed by atoms with van der Waals surface area (Å²) in [7, 11) is 0. The lowest BCUT2D eigenvalue weighted by atomic mass is 10.0. The van der Waals surface area contributed by atoms with Gasteiger partial charge in [-0.15, -0.1) is 0 Å². The van der Waals surface area contributed by atoms with Gasteiger partial charge >= 0.3 is 12.0 Å². The highest BCUT2D eigenvalue weighted by molar-refractivity contribution is 5.77. The second-order valence-corrected chi connectivity index (χ2v) is 6.01. The summed E-state index contributed by atoms with van der Waals surface area (Å²) in [5.74, 6) is -0.539. The molecule has 0 bridgehead atoms. The van der Waals surface area contributed by atoms with Crippen LogP contribution in [0, 0.1) is 5.92 Å². The Morgan fingerprint density at radius 3 is 2.68 bits per heavy atom. The Morgan fingerprint density at radius 2 is 2.16 bits per heavy atom. The van der Waals surface area contributed by atoms with Gasteiger partial charge in [0.2, 0.25) is 0 Å². The van der Waals surface area contributed by atoms with Gasteiger partial charge < -0.3 is 20.1 Å². The lowest BCUT2D eigenvalue weighted by molar-refractivity contribution is -0.137. The Balaban J connectivity index is 1.96. The summed E-state index contributed by atoms with van der Waals surface area (Å²) >= 11 is 0. The molecule has 0 aromatic rings. The molecule has 0 radical (unpaired) electrons. The van der Waals surface area contributed by atoms with Crippen LogP contribution in [-0.2, 0) is 9.53 Å². The van der Waals surface area contributed by atoms with Gasteiger partial charge in [-0.2, -0.15) is 0 Å². The molecule has 1 atom stereocenters. The Bertz CT molecular complexity index is 366. The molecule has 1 unspecified atom stereocenters. The molecule has 19 heavy (non-hydrogen) atoms. The largest absolute Gasteiger partial charge is 0.481 e. The third-order valence-corrected chi connectivity index (χ3v) is 3.78. The molecule has 0 aromatic heterocycles. The lowest BCUT2D eigenvalue weighted by Crippen LogP contribution is -2.59. The van der Waals surface area contributed by atoms with Crippen molar-refractivity contribution in [3.8, 4) is 0 Å². The molecule has 2 rings (SSSR count). The summed E-state index contributed by atoms with van der Waals surface area (Å²) < 4.78 is 5.38. The molecule has 6 nitrogen and oxygen atoms in total. The summed E-state index contributed by atoms with van der Waals surface area (Å²) in [4.78, 5) is 24.9. The number of nitrogens with zero attached hydrogens (tertiary/aromatic N) is 1. The number of ether oxygens (including phenoxy) is 1. The molecule has 2 amide bonds. The van der Waals surface area contributed by atoms with Crippen molar-refractivity contribution in [1.82, 2.24) is 10.2 Å². The van der Waals surface area contributed by atoms with Crippen LogP contribution >= 0.6 is 0 Å². The molecule has 1 aliphatic heterocycles. The number of aliphatic carboxylic acids is 1. The Kier molecular flexibility index (Phi) is 3.99. The van der Waals surface area contributed by atoms with Crippen molar-refractivity contribution in [1.29, 1.82) is 0 Å². The van der Waals surface area contributed by atoms with Crippen LogP contribution in [0.15, 0.2) is 0 Å². The minimum absolute atomic E-state index is 0.00117. The predicted molar refractivity (Wildman–Crippen MR) is 68.9 cm³/mol. The fraction of sp³-hybridized carbons (Fsp3) is 0.846. The number of amides is 2. The number of urea groups is 1. The molecule has 0 aromatic carbocycles. The van der Waals surface area contributed by atoms with E-state index in [0.29, 0.717) is 25.7 Å². The number of hydrogen-bond acceptors (Lipinski definition) is 3. The molecule has 2 N–H and O–H groups in total. The van der Waals surface area contributed by atoms with Gasteiger partial charge in [-0.3, -0.25) is 4.79 Å². The van der Waals surface area contributed by atoms with Crippen molar-refractivity contribution >= 4 is 12.0 Å². The van der Waals surface area contributed by atoms with Crippen molar-refractivity contribution in [3.63, 3.8) is 0 Å². The highest BCUT2D eigenvalue weighted by atomic mass is 16.5. The third-order valence-electron chi connectivity index (χ3n) is 3.78. The van der Waals surface area contributed by atoms with E-state index >= 15 is 0 Å². The molecule has 1 saturated carbocycles. The molecule has 0 spiro atoms. The lowest BCUT2D eigenvalue weighted by Gasteiger charge is -2.42. The summed E-state index contributed by atoms with van der Waals surface area (Å²) in [6, 6.07) is -0.421. The first-order valence-corrected chi connectivity index (χ1v) is 6.78. The smallest absolute Gasteiger partial charge is 0.318 e. The number of carboxylic acids is 1.